The summed E-state index contributed by atoms with van der Waals surface area (Å²) in [6.45, 7) is 0. The molecule has 28 heavy (non-hydrogen) atoms. The van der Waals surface area contributed by atoms with Gasteiger partial charge in [-0.15, -0.1) is 0 Å². The van der Waals surface area contributed by atoms with E-state index in [0.717, 1.165) is 23.1 Å². The van der Waals surface area contributed by atoms with E-state index in [1.54, 1.807) is 36.4 Å². The molecule has 0 aliphatic rings. The third-order valence-corrected chi connectivity index (χ3v) is 4.77. The molecule has 1 aromatic heterocycles. The lowest BCUT2D eigenvalue weighted by Gasteiger charge is -2.18. The maximum atomic E-state index is 14.0. The maximum absolute atomic E-state index is 14.0. The summed E-state index contributed by atoms with van der Waals surface area (Å²) in [5.74, 6) is -3.62. The van der Waals surface area contributed by atoms with Gasteiger partial charge >= 0.3 is 6.03 Å². The number of aromatic nitrogens is 1. The summed E-state index contributed by atoms with van der Waals surface area (Å²) < 4.78 is 27.9. The van der Waals surface area contributed by atoms with Crippen molar-refractivity contribution in [2.24, 2.45) is 5.73 Å². The molecule has 142 valence electrons. The number of hydrogen-bond donors (Lipinski definition) is 1. The quantitative estimate of drug-likeness (QED) is 0.653. The molecule has 0 bridgehead atoms. The van der Waals surface area contributed by atoms with Crippen molar-refractivity contribution in [3.05, 3.63) is 82.9 Å². The van der Waals surface area contributed by atoms with Crippen LogP contribution in [0, 0.1) is 11.6 Å². The lowest BCUT2D eigenvalue weighted by molar-refractivity contribution is 0.0986. The summed E-state index contributed by atoms with van der Waals surface area (Å²) in [5, 5.41) is 1.01. The van der Waals surface area contributed by atoms with Crippen LogP contribution >= 0.6 is 23.4 Å². The number of carbonyl (C=O) groups is 2. The van der Waals surface area contributed by atoms with Gasteiger partial charge in [-0.1, -0.05) is 35.5 Å². The fraction of sp³-hybridized carbons (Fsp3) is 0. The molecule has 0 radical (unpaired) electrons. The first-order chi connectivity index (χ1) is 13.4. The van der Waals surface area contributed by atoms with Crippen molar-refractivity contribution in [3.63, 3.8) is 0 Å². The average Bonchev–Trinajstić information content (AvgIpc) is 2.64. The van der Waals surface area contributed by atoms with Crippen molar-refractivity contribution >= 4 is 41.1 Å². The van der Waals surface area contributed by atoms with Crippen molar-refractivity contribution in [3.8, 4) is 0 Å². The first kappa shape index (κ1) is 19.8. The summed E-state index contributed by atoms with van der Waals surface area (Å²) in [6, 6.07) is 13.2. The van der Waals surface area contributed by atoms with E-state index in [1.165, 1.54) is 17.8 Å². The number of benzene rings is 2. The highest BCUT2D eigenvalue weighted by molar-refractivity contribution is 7.99. The van der Waals surface area contributed by atoms with Crippen LogP contribution in [-0.4, -0.2) is 16.9 Å². The first-order valence-electron chi connectivity index (χ1n) is 7.85. The van der Waals surface area contributed by atoms with Gasteiger partial charge in [0.2, 0.25) is 0 Å². The van der Waals surface area contributed by atoms with Crippen LogP contribution in [-0.2, 0) is 0 Å². The smallest absolute Gasteiger partial charge is 0.327 e. The number of halogens is 3. The third-order valence-electron chi connectivity index (χ3n) is 3.57. The van der Waals surface area contributed by atoms with Crippen LogP contribution in [0.2, 0.25) is 5.02 Å². The zero-order chi connectivity index (χ0) is 20.3. The fourth-order valence-electron chi connectivity index (χ4n) is 2.34. The number of pyridine rings is 1. The standard InChI is InChI=1S/C19H12ClF2N3O2S/c20-11-7-9-12(10-8-11)28-16-6-2-5-15(24-16)25(19(23)27)18(26)17-13(21)3-1-4-14(17)22/h1-10H,(H2,23,27). The van der Waals surface area contributed by atoms with Gasteiger partial charge < -0.3 is 5.73 Å². The van der Waals surface area contributed by atoms with Crippen molar-refractivity contribution < 1.29 is 18.4 Å². The minimum Gasteiger partial charge on any atom is -0.351 e. The van der Waals surface area contributed by atoms with E-state index in [-0.39, 0.29) is 5.82 Å². The van der Waals surface area contributed by atoms with E-state index in [0.29, 0.717) is 14.9 Å². The Morgan fingerprint density at radius 3 is 2.18 bits per heavy atom. The third kappa shape index (κ3) is 4.29. The van der Waals surface area contributed by atoms with Crippen molar-refractivity contribution in [2.75, 3.05) is 4.90 Å². The van der Waals surface area contributed by atoms with E-state index in [9.17, 15) is 18.4 Å². The highest BCUT2D eigenvalue weighted by atomic mass is 35.5. The Morgan fingerprint density at radius 2 is 1.57 bits per heavy atom. The van der Waals surface area contributed by atoms with Gasteiger partial charge in [0.15, 0.2) is 0 Å². The molecule has 5 nitrogen and oxygen atoms in total. The van der Waals surface area contributed by atoms with Crippen LogP contribution in [0.5, 0.6) is 0 Å². The first-order valence-corrected chi connectivity index (χ1v) is 9.04. The number of hydrogen-bond acceptors (Lipinski definition) is 4. The molecule has 0 unspecified atom stereocenters. The number of carbonyl (C=O) groups excluding carboxylic acids is 2. The second-order valence-corrected chi connectivity index (χ2v) is 7.00. The monoisotopic (exact) mass is 419 g/mol. The second-order valence-electron chi connectivity index (χ2n) is 5.47. The summed E-state index contributed by atoms with van der Waals surface area (Å²) >= 11 is 7.10. The number of primary amides is 1. The second kappa shape index (κ2) is 8.37. The fourth-order valence-corrected chi connectivity index (χ4v) is 3.27. The van der Waals surface area contributed by atoms with Gasteiger partial charge in [-0.3, -0.25) is 4.79 Å². The molecular weight excluding hydrogens is 408 g/mol. The molecule has 3 rings (SSSR count). The lowest BCUT2D eigenvalue weighted by Crippen LogP contribution is -2.42. The predicted octanol–water partition coefficient (Wildman–Crippen LogP) is 4.89. The molecule has 9 heteroatoms. The molecule has 3 amide bonds. The Labute approximate surface area is 168 Å². The molecule has 0 saturated carbocycles. The number of nitrogens with two attached hydrogens (primary N) is 1. The Morgan fingerprint density at radius 1 is 0.964 bits per heavy atom. The van der Waals surface area contributed by atoms with Crippen LogP contribution in [0.1, 0.15) is 10.4 Å². The van der Waals surface area contributed by atoms with Gasteiger partial charge in [-0.25, -0.2) is 23.5 Å². The number of amides is 3. The molecule has 0 saturated heterocycles. The van der Waals surface area contributed by atoms with E-state index >= 15 is 0 Å². The largest absolute Gasteiger partial charge is 0.351 e. The van der Waals surface area contributed by atoms with Crippen LogP contribution in [0.4, 0.5) is 19.4 Å². The topological polar surface area (TPSA) is 76.3 Å². The summed E-state index contributed by atoms with van der Waals surface area (Å²) in [4.78, 5) is 29.9. The van der Waals surface area contributed by atoms with Crippen LogP contribution < -0.4 is 10.6 Å². The van der Waals surface area contributed by atoms with Crippen LogP contribution in [0.25, 0.3) is 0 Å². The minimum absolute atomic E-state index is 0.154. The Kier molecular flexibility index (Phi) is 5.91. The van der Waals surface area contributed by atoms with Gasteiger partial charge in [-0.05, 0) is 48.5 Å². The Bertz CT molecular complexity index is 1030. The van der Waals surface area contributed by atoms with Gasteiger partial charge in [0, 0.05) is 9.92 Å². The number of nitrogens with zero attached hydrogens (tertiary/aromatic N) is 2. The Balaban J connectivity index is 1.96. The molecule has 0 spiro atoms. The molecular formula is C19H12ClF2N3O2S. The van der Waals surface area contributed by atoms with Crippen molar-refractivity contribution in [2.45, 2.75) is 9.92 Å². The summed E-state index contributed by atoms with van der Waals surface area (Å²) in [5.41, 5.74) is 4.40. The van der Waals surface area contributed by atoms with Crippen molar-refractivity contribution in [1.29, 1.82) is 0 Å². The normalized spacial score (nSPS) is 10.5. The number of rotatable bonds is 4. The summed E-state index contributed by atoms with van der Waals surface area (Å²) in [6.07, 6.45) is 0. The predicted molar refractivity (Wildman–Crippen MR) is 103 cm³/mol. The number of urea groups is 1. The highest BCUT2D eigenvalue weighted by Crippen LogP contribution is 2.29. The molecule has 1 heterocycles. The molecule has 2 N–H and O–H groups in total. The lowest BCUT2D eigenvalue weighted by atomic mass is 10.1. The number of imide groups is 1. The van der Waals surface area contributed by atoms with Gasteiger partial charge in [0.05, 0.1) is 0 Å². The van der Waals surface area contributed by atoms with E-state index in [4.69, 9.17) is 17.3 Å². The SMILES string of the molecule is NC(=O)N(C(=O)c1c(F)cccc1F)c1cccc(Sc2ccc(Cl)cc2)n1. The van der Waals surface area contributed by atoms with E-state index in [1.807, 2.05) is 0 Å². The number of anilines is 1. The van der Waals surface area contributed by atoms with Crippen LogP contribution in [0.3, 0.4) is 0 Å². The molecule has 2 aromatic carbocycles. The van der Waals surface area contributed by atoms with Gasteiger partial charge in [-0.2, -0.15) is 0 Å². The molecule has 3 aromatic rings. The van der Waals surface area contributed by atoms with Crippen LogP contribution in [0.15, 0.2) is 70.6 Å². The van der Waals surface area contributed by atoms with E-state index < -0.39 is 29.1 Å². The van der Waals surface area contributed by atoms with Gasteiger partial charge in [0.25, 0.3) is 5.91 Å². The minimum atomic E-state index is -1.25. The Hall–Kier alpha value is -2.97. The summed E-state index contributed by atoms with van der Waals surface area (Å²) in [7, 11) is 0. The maximum Gasteiger partial charge on any atom is 0.327 e. The molecule has 0 atom stereocenters. The van der Waals surface area contributed by atoms with Gasteiger partial charge in [0.1, 0.15) is 28.0 Å². The highest BCUT2D eigenvalue weighted by Gasteiger charge is 2.29. The zero-order valence-electron chi connectivity index (χ0n) is 14.1. The average molecular weight is 420 g/mol. The molecule has 0 fully saturated rings. The molecule has 0 aliphatic heterocycles. The molecule has 0 aliphatic carbocycles. The van der Waals surface area contributed by atoms with Crippen molar-refractivity contribution in [1.82, 2.24) is 4.98 Å². The zero-order valence-corrected chi connectivity index (χ0v) is 15.7. The van der Waals surface area contributed by atoms with E-state index in [2.05, 4.69) is 4.98 Å².